The van der Waals surface area contributed by atoms with Gasteiger partial charge in [0.25, 0.3) is 0 Å². The molecule has 1 fully saturated rings. The first-order chi connectivity index (χ1) is 5.11. The summed E-state index contributed by atoms with van der Waals surface area (Å²) in [4.78, 5) is 10.9. The summed E-state index contributed by atoms with van der Waals surface area (Å²) >= 11 is 11.4. The normalized spacial score (nSPS) is 26.9. The quantitative estimate of drug-likeness (QED) is 0.645. The predicted molar refractivity (Wildman–Crippen MR) is 38.7 cm³/mol. The molecule has 5 nitrogen and oxygen atoms in total. The molecule has 11 heavy (non-hydrogen) atoms. The summed E-state index contributed by atoms with van der Waals surface area (Å²) in [5.74, 6) is 0. The van der Waals surface area contributed by atoms with E-state index in [9.17, 15) is 4.79 Å². The number of alkyl halides is 2. The van der Waals surface area contributed by atoms with E-state index in [1.54, 1.807) is 0 Å². The maximum atomic E-state index is 10.9. The van der Waals surface area contributed by atoms with Crippen LogP contribution in [0.2, 0.25) is 0 Å². The lowest BCUT2D eigenvalue weighted by Crippen LogP contribution is -2.18. The SMILES string of the molecule is O=c1[nH]nnn1C1CC1(Cl)Cl. The molecule has 1 saturated carbocycles. The molecule has 1 atom stereocenters. The third kappa shape index (κ3) is 1.04. The van der Waals surface area contributed by atoms with E-state index < -0.39 is 4.33 Å². The van der Waals surface area contributed by atoms with Crippen molar-refractivity contribution in [3.63, 3.8) is 0 Å². The Kier molecular flexibility index (Phi) is 1.28. The molecule has 1 unspecified atom stereocenters. The number of rotatable bonds is 1. The zero-order valence-electron chi connectivity index (χ0n) is 5.29. The van der Waals surface area contributed by atoms with E-state index in [-0.39, 0.29) is 11.7 Å². The van der Waals surface area contributed by atoms with Crippen LogP contribution in [0.4, 0.5) is 0 Å². The molecule has 0 radical (unpaired) electrons. The van der Waals surface area contributed by atoms with Crippen LogP contribution >= 0.6 is 23.2 Å². The summed E-state index contributed by atoms with van der Waals surface area (Å²) in [5, 5.41) is 8.97. The molecule has 0 saturated heterocycles. The van der Waals surface area contributed by atoms with Crippen molar-refractivity contribution in [1.82, 2.24) is 20.2 Å². The summed E-state index contributed by atoms with van der Waals surface area (Å²) < 4.78 is 0.320. The standard InChI is InChI=1S/C4H4Cl2N4O/c5-4(6)1-2(4)10-3(11)7-8-9-10/h2H,1H2,(H,7,9,11). The molecule has 0 spiro atoms. The summed E-state index contributed by atoms with van der Waals surface area (Å²) in [6.45, 7) is 0. The van der Waals surface area contributed by atoms with Crippen LogP contribution in [-0.2, 0) is 0 Å². The highest BCUT2D eigenvalue weighted by molar-refractivity contribution is 6.51. The van der Waals surface area contributed by atoms with Crippen LogP contribution in [0, 0.1) is 0 Å². The van der Waals surface area contributed by atoms with E-state index in [2.05, 4.69) is 15.5 Å². The minimum atomic E-state index is -0.833. The van der Waals surface area contributed by atoms with Gasteiger partial charge in [0.1, 0.15) is 4.33 Å². The number of tetrazole rings is 1. The van der Waals surface area contributed by atoms with Crippen molar-refractivity contribution < 1.29 is 0 Å². The van der Waals surface area contributed by atoms with Crippen molar-refractivity contribution in [2.75, 3.05) is 0 Å². The van der Waals surface area contributed by atoms with Crippen LogP contribution in [-0.4, -0.2) is 24.5 Å². The average molecular weight is 195 g/mol. The second-order valence-electron chi connectivity index (χ2n) is 2.43. The fourth-order valence-corrected chi connectivity index (χ4v) is 1.35. The number of aromatic amines is 1. The lowest BCUT2D eigenvalue weighted by Gasteiger charge is -1.94. The maximum Gasteiger partial charge on any atom is 0.361 e. The van der Waals surface area contributed by atoms with Crippen molar-refractivity contribution in [3.8, 4) is 0 Å². The van der Waals surface area contributed by atoms with Crippen LogP contribution < -0.4 is 5.69 Å². The maximum absolute atomic E-state index is 10.9. The number of H-pyrrole nitrogens is 1. The average Bonchev–Trinajstić information content (AvgIpc) is 2.38. The fraction of sp³-hybridized carbons (Fsp3) is 0.750. The molecule has 0 amide bonds. The molecule has 1 aliphatic carbocycles. The summed E-state index contributed by atoms with van der Waals surface area (Å²) in [6.07, 6.45) is 0.544. The monoisotopic (exact) mass is 194 g/mol. The Morgan fingerprint density at radius 1 is 1.73 bits per heavy atom. The third-order valence-corrected chi connectivity index (χ3v) is 2.40. The van der Waals surface area contributed by atoms with E-state index in [1.165, 1.54) is 0 Å². The summed E-state index contributed by atoms with van der Waals surface area (Å²) in [5.41, 5.74) is -0.377. The zero-order valence-corrected chi connectivity index (χ0v) is 6.80. The number of hydrogen-bond donors (Lipinski definition) is 1. The Bertz CT molecular complexity index is 329. The molecule has 1 aliphatic rings. The molecular weight excluding hydrogens is 191 g/mol. The van der Waals surface area contributed by atoms with Gasteiger partial charge in [0, 0.05) is 6.42 Å². The van der Waals surface area contributed by atoms with Gasteiger partial charge in [0.05, 0.1) is 6.04 Å². The van der Waals surface area contributed by atoms with Crippen LogP contribution in [0.25, 0.3) is 0 Å². The Morgan fingerprint density at radius 3 is 2.73 bits per heavy atom. The van der Waals surface area contributed by atoms with Gasteiger partial charge in [-0.2, -0.15) is 4.68 Å². The molecule has 1 aromatic heterocycles. The van der Waals surface area contributed by atoms with Gasteiger partial charge in [-0.05, 0) is 10.4 Å². The number of hydrogen-bond acceptors (Lipinski definition) is 3. The Balaban J connectivity index is 2.34. The minimum Gasteiger partial charge on any atom is -0.245 e. The Hall–Kier alpha value is -0.550. The molecule has 0 bridgehead atoms. The van der Waals surface area contributed by atoms with Crippen molar-refractivity contribution in [1.29, 1.82) is 0 Å². The van der Waals surface area contributed by atoms with Crippen LogP contribution in [0.15, 0.2) is 4.79 Å². The van der Waals surface area contributed by atoms with Crippen LogP contribution in [0.5, 0.6) is 0 Å². The number of aromatic nitrogens is 4. The topological polar surface area (TPSA) is 63.6 Å². The van der Waals surface area contributed by atoms with E-state index in [0.717, 1.165) is 4.68 Å². The third-order valence-electron chi connectivity index (χ3n) is 1.58. The molecular formula is C4H4Cl2N4O. The number of halogens is 2. The van der Waals surface area contributed by atoms with E-state index in [1.807, 2.05) is 0 Å². The minimum absolute atomic E-state index is 0.225. The van der Waals surface area contributed by atoms with Gasteiger partial charge in [-0.3, -0.25) is 0 Å². The van der Waals surface area contributed by atoms with Crippen molar-refractivity contribution in [3.05, 3.63) is 10.5 Å². The number of nitrogens with one attached hydrogen (secondary N) is 1. The highest BCUT2D eigenvalue weighted by Crippen LogP contribution is 2.55. The van der Waals surface area contributed by atoms with Gasteiger partial charge in [0.15, 0.2) is 0 Å². The smallest absolute Gasteiger partial charge is 0.245 e. The predicted octanol–water partition coefficient (Wildman–Crippen LogP) is 0.0851. The molecule has 0 aliphatic heterocycles. The highest BCUT2D eigenvalue weighted by atomic mass is 35.5. The van der Waals surface area contributed by atoms with Gasteiger partial charge in [-0.15, -0.1) is 0 Å². The molecule has 1 heterocycles. The fourth-order valence-electron chi connectivity index (χ4n) is 0.873. The van der Waals surface area contributed by atoms with Gasteiger partial charge in [0.2, 0.25) is 0 Å². The zero-order chi connectivity index (χ0) is 8.06. The molecule has 60 valence electrons. The largest absolute Gasteiger partial charge is 0.361 e. The van der Waals surface area contributed by atoms with Gasteiger partial charge in [-0.1, -0.05) is 23.2 Å². The van der Waals surface area contributed by atoms with E-state index in [4.69, 9.17) is 23.2 Å². The Labute approximate surface area is 71.3 Å². The molecule has 7 heteroatoms. The van der Waals surface area contributed by atoms with Gasteiger partial charge in [-0.25, -0.2) is 9.89 Å². The van der Waals surface area contributed by atoms with E-state index >= 15 is 0 Å². The summed E-state index contributed by atoms with van der Waals surface area (Å²) in [7, 11) is 0. The first-order valence-electron chi connectivity index (χ1n) is 2.99. The van der Waals surface area contributed by atoms with Crippen molar-refractivity contribution in [2.24, 2.45) is 0 Å². The van der Waals surface area contributed by atoms with Gasteiger partial charge >= 0.3 is 5.69 Å². The van der Waals surface area contributed by atoms with Crippen molar-refractivity contribution in [2.45, 2.75) is 16.8 Å². The first-order valence-corrected chi connectivity index (χ1v) is 3.74. The number of nitrogens with zero attached hydrogens (tertiary/aromatic N) is 3. The van der Waals surface area contributed by atoms with Crippen LogP contribution in [0.1, 0.15) is 12.5 Å². The molecule has 2 rings (SSSR count). The molecule has 0 aromatic carbocycles. The summed E-state index contributed by atoms with van der Waals surface area (Å²) in [6, 6.07) is -0.225. The molecule has 1 aromatic rings. The van der Waals surface area contributed by atoms with Crippen molar-refractivity contribution >= 4 is 23.2 Å². The molecule has 1 N–H and O–H groups in total. The lowest BCUT2D eigenvalue weighted by molar-refractivity contribution is 0.588. The Morgan fingerprint density at radius 2 is 2.36 bits per heavy atom. The highest BCUT2D eigenvalue weighted by Gasteiger charge is 2.55. The second kappa shape index (κ2) is 1.98. The van der Waals surface area contributed by atoms with Gasteiger partial charge < -0.3 is 0 Å². The van der Waals surface area contributed by atoms with E-state index in [0.29, 0.717) is 6.42 Å². The second-order valence-corrected chi connectivity index (χ2v) is 3.97. The van der Waals surface area contributed by atoms with Crippen LogP contribution in [0.3, 0.4) is 0 Å². The lowest BCUT2D eigenvalue weighted by atomic mass is 10.7. The first kappa shape index (κ1) is 7.12.